The second-order valence-electron chi connectivity index (χ2n) is 6.01. The molecular weight excluding hydrogens is 360 g/mol. The largest absolute Gasteiger partial charge is 0.493 e. The molecule has 8 heteroatoms. The fraction of sp³-hybridized carbons (Fsp3) is 0.250. The summed E-state index contributed by atoms with van der Waals surface area (Å²) in [7, 11) is 4.65. The van der Waals surface area contributed by atoms with E-state index >= 15 is 0 Å². The lowest BCUT2D eigenvalue weighted by atomic mass is 10.1. The Hall–Kier alpha value is -3.55. The molecule has 0 fully saturated rings. The number of nitrogens with zero attached hydrogens (tertiary/aromatic N) is 3. The average molecular weight is 382 g/mol. The van der Waals surface area contributed by atoms with Gasteiger partial charge in [-0.05, 0) is 42.8 Å². The third kappa shape index (κ3) is 3.90. The predicted octanol–water partition coefficient (Wildman–Crippen LogP) is 2.78. The number of aromatic nitrogens is 3. The van der Waals surface area contributed by atoms with Gasteiger partial charge in [-0.3, -0.25) is 4.79 Å². The van der Waals surface area contributed by atoms with Crippen molar-refractivity contribution in [1.82, 2.24) is 20.1 Å². The maximum atomic E-state index is 12.6. The van der Waals surface area contributed by atoms with Crippen molar-refractivity contribution in [2.45, 2.75) is 13.0 Å². The summed E-state index contributed by atoms with van der Waals surface area (Å²) in [4.78, 5) is 16.9. The minimum Gasteiger partial charge on any atom is -0.493 e. The van der Waals surface area contributed by atoms with Crippen molar-refractivity contribution in [3.63, 3.8) is 0 Å². The smallest absolute Gasteiger partial charge is 0.253 e. The van der Waals surface area contributed by atoms with E-state index in [1.807, 2.05) is 19.1 Å². The fourth-order valence-electron chi connectivity index (χ4n) is 2.77. The number of hydrogen-bond acceptors (Lipinski definition) is 6. The van der Waals surface area contributed by atoms with Crippen molar-refractivity contribution < 1.29 is 19.0 Å². The standard InChI is InChI=1S/C20H22N4O4/c1-13(15-10-16(26-2)19(28-4)17(11-15)27-3)23-20(25)14-6-7-18(21-12-14)24-9-5-8-22-24/h5-13H,1-4H3,(H,23,25). The zero-order valence-corrected chi connectivity index (χ0v) is 16.2. The summed E-state index contributed by atoms with van der Waals surface area (Å²) in [6.07, 6.45) is 4.98. The molecule has 1 unspecified atom stereocenters. The summed E-state index contributed by atoms with van der Waals surface area (Å²) in [5, 5.41) is 7.07. The first-order chi connectivity index (χ1) is 13.6. The molecule has 28 heavy (non-hydrogen) atoms. The second-order valence-corrected chi connectivity index (χ2v) is 6.01. The van der Waals surface area contributed by atoms with Gasteiger partial charge < -0.3 is 19.5 Å². The van der Waals surface area contributed by atoms with Gasteiger partial charge in [0, 0.05) is 18.6 Å². The normalized spacial score (nSPS) is 11.6. The van der Waals surface area contributed by atoms with Gasteiger partial charge in [0.2, 0.25) is 5.75 Å². The van der Waals surface area contributed by atoms with Crippen LogP contribution in [0.15, 0.2) is 48.9 Å². The minimum atomic E-state index is -0.285. The van der Waals surface area contributed by atoms with E-state index in [1.54, 1.807) is 56.6 Å². The molecule has 0 saturated heterocycles. The Kier molecular flexibility index (Phi) is 5.78. The quantitative estimate of drug-likeness (QED) is 0.676. The Bertz CT molecular complexity index is 914. The Morgan fingerprint density at radius 2 is 1.82 bits per heavy atom. The first-order valence-corrected chi connectivity index (χ1v) is 8.64. The van der Waals surface area contributed by atoms with Gasteiger partial charge in [0.25, 0.3) is 5.91 Å². The van der Waals surface area contributed by atoms with E-state index in [0.29, 0.717) is 28.6 Å². The SMILES string of the molecule is COc1cc(C(C)NC(=O)c2ccc(-n3cccn3)nc2)cc(OC)c1OC. The molecule has 3 rings (SSSR count). The molecule has 1 atom stereocenters. The lowest BCUT2D eigenvalue weighted by molar-refractivity contribution is 0.0939. The molecule has 146 valence electrons. The number of amides is 1. The van der Waals surface area contributed by atoms with Crippen molar-refractivity contribution in [1.29, 1.82) is 0 Å². The molecule has 1 N–H and O–H groups in total. The van der Waals surface area contributed by atoms with Gasteiger partial charge in [0.15, 0.2) is 17.3 Å². The zero-order chi connectivity index (χ0) is 20.1. The molecule has 0 saturated carbocycles. The number of ether oxygens (including phenoxy) is 3. The Balaban J connectivity index is 1.77. The summed E-state index contributed by atoms with van der Waals surface area (Å²) in [5.74, 6) is 1.97. The topological polar surface area (TPSA) is 87.5 Å². The predicted molar refractivity (Wildman–Crippen MR) is 103 cm³/mol. The fourth-order valence-corrected chi connectivity index (χ4v) is 2.77. The van der Waals surface area contributed by atoms with Crippen LogP contribution in [0.2, 0.25) is 0 Å². The third-order valence-corrected chi connectivity index (χ3v) is 4.28. The molecule has 0 aliphatic carbocycles. The third-order valence-electron chi connectivity index (χ3n) is 4.28. The van der Waals surface area contributed by atoms with Crippen LogP contribution in [0.4, 0.5) is 0 Å². The number of pyridine rings is 1. The van der Waals surface area contributed by atoms with Crippen LogP contribution in [-0.2, 0) is 0 Å². The maximum absolute atomic E-state index is 12.6. The monoisotopic (exact) mass is 382 g/mol. The van der Waals surface area contributed by atoms with E-state index in [9.17, 15) is 4.79 Å². The number of benzene rings is 1. The molecule has 8 nitrogen and oxygen atoms in total. The number of nitrogens with one attached hydrogen (secondary N) is 1. The molecule has 1 aromatic carbocycles. The maximum Gasteiger partial charge on any atom is 0.253 e. The van der Waals surface area contributed by atoms with Gasteiger partial charge in [-0.2, -0.15) is 5.10 Å². The molecule has 0 radical (unpaired) electrons. The molecule has 0 aliphatic heterocycles. The van der Waals surface area contributed by atoms with E-state index in [1.165, 1.54) is 6.20 Å². The highest BCUT2D eigenvalue weighted by Crippen LogP contribution is 2.39. The molecule has 2 heterocycles. The van der Waals surface area contributed by atoms with E-state index < -0.39 is 0 Å². The summed E-state index contributed by atoms with van der Waals surface area (Å²) >= 11 is 0. The molecule has 0 bridgehead atoms. The molecule has 0 spiro atoms. The number of hydrogen-bond donors (Lipinski definition) is 1. The number of carbonyl (C=O) groups is 1. The van der Waals surface area contributed by atoms with Gasteiger partial charge in [-0.1, -0.05) is 0 Å². The summed E-state index contributed by atoms with van der Waals surface area (Å²) < 4.78 is 17.7. The van der Waals surface area contributed by atoms with Gasteiger partial charge in [0.05, 0.1) is 32.9 Å². The van der Waals surface area contributed by atoms with Crippen molar-refractivity contribution in [2.24, 2.45) is 0 Å². The second kappa shape index (κ2) is 8.43. The molecule has 0 aliphatic rings. The van der Waals surface area contributed by atoms with Crippen LogP contribution in [0.3, 0.4) is 0 Å². The molecule has 3 aromatic rings. The van der Waals surface area contributed by atoms with Gasteiger partial charge in [0.1, 0.15) is 0 Å². The lowest BCUT2D eigenvalue weighted by Crippen LogP contribution is -2.26. The molecule has 2 aromatic heterocycles. The zero-order valence-electron chi connectivity index (χ0n) is 16.2. The van der Waals surface area contributed by atoms with Crippen LogP contribution in [0.25, 0.3) is 5.82 Å². The highest BCUT2D eigenvalue weighted by Gasteiger charge is 2.18. The van der Waals surface area contributed by atoms with Crippen LogP contribution < -0.4 is 19.5 Å². The Labute approximate surface area is 163 Å². The van der Waals surface area contributed by atoms with E-state index in [4.69, 9.17) is 14.2 Å². The first kappa shape index (κ1) is 19.2. The van der Waals surface area contributed by atoms with Crippen LogP contribution in [0, 0.1) is 0 Å². The van der Waals surface area contributed by atoms with Crippen molar-refractivity contribution in [2.75, 3.05) is 21.3 Å². The molecule has 1 amide bonds. The Morgan fingerprint density at radius 1 is 1.11 bits per heavy atom. The highest BCUT2D eigenvalue weighted by molar-refractivity contribution is 5.94. The van der Waals surface area contributed by atoms with Crippen molar-refractivity contribution >= 4 is 5.91 Å². The summed E-state index contributed by atoms with van der Waals surface area (Å²) in [6.45, 7) is 1.88. The average Bonchev–Trinajstić information content (AvgIpc) is 3.27. The lowest BCUT2D eigenvalue weighted by Gasteiger charge is -2.19. The Morgan fingerprint density at radius 3 is 2.32 bits per heavy atom. The van der Waals surface area contributed by atoms with E-state index in [0.717, 1.165) is 5.56 Å². The van der Waals surface area contributed by atoms with Crippen LogP contribution in [0.5, 0.6) is 17.2 Å². The molecular formula is C20H22N4O4. The summed E-state index contributed by atoms with van der Waals surface area (Å²) in [6, 6.07) is 8.60. The van der Waals surface area contributed by atoms with E-state index in [-0.39, 0.29) is 11.9 Å². The van der Waals surface area contributed by atoms with Crippen LogP contribution in [0.1, 0.15) is 28.9 Å². The van der Waals surface area contributed by atoms with Crippen molar-refractivity contribution in [3.05, 3.63) is 60.0 Å². The highest BCUT2D eigenvalue weighted by atomic mass is 16.5. The van der Waals surface area contributed by atoms with Crippen molar-refractivity contribution in [3.8, 4) is 23.1 Å². The van der Waals surface area contributed by atoms with Gasteiger partial charge >= 0.3 is 0 Å². The van der Waals surface area contributed by atoms with Crippen LogP contribution in [-0.4, -0.2) is 42.0 Å². The van der Waals surface area contributed by atoms with Gasteiger partial charge in [-0.15, -0.1) is 0 Å². The van der Waals surface area contributed by atoms with Gasteiger partial charge in [-0.25, -0.2) is 9.67 Å². The summed E-state index contributed by atoms with van der Waals surface area (Å²) in [5.41, 5.74) is 1.28. The minimum absolute atomic E-state index is 0.235. The number of rotatable bonds is 7. The van der Waals surface area contributed by atoms with Crippen LogP contribution >= 0.6 is 0 Å². The first-order valence-electron chi connectivity index (χ1n) is 8.64. The van der Waals surface area contributed by atoms with E-state index in [2.05, 4.69) is 15.4 Å². The number of carbonyl (C=O) groups excluding carboxylic acids is 1. The number of methoxy groups -OCH3 is 3.